The summed E-state index contributed by atoms with van der Waals surface area (Å²) in [6.45, 7) is 6.49. The molecule has 0 N–H and O–H groups in total. The Balaban J connectivity index is 1.59. The molecular weight excluding hydrogens is 391 g/mol. The van der Waals surface area contributed by atoms with Gasteiger partial charge in [-0.15, -0.1) is 13.2 Å². The van der Waals surface area contributed by atoms with E-state index in [0.717, 1.165) is 0 Å². The zero-order valence-electron chi connectivity index (χ0n) is 16.3. The Morgan fingerprint density at radius 3 is 2.31 bits per heavy atom. The third-order valence-electron chi connectivity index (χ3n) is 4.28. The molecule has 2 heterocycles. The highest BCUT2D eigenvalue weighted by Gasteiger charge is 2.32. The van der Waals surface area contributed by atoms with Crippen LogP contribution in [-0.4, -0.2) is 46.2 Å². The molecule has 1 aromatic heterocycles. The van der Waals surface area contributed by atoms with Gasteiger partial charge in [0.1, 0.15) is 11.4 Å². The first kappa shape index (κ1) is 20.9. The lowest BCUT2D eigenvalue weighted by molar-refractivity contribution is -0.274. The first-order chi connectivity index (χ1) is 13.5. The van der Waals surface area contributed by atoms with Gasteiger partial charge in [-0.05, 0) is 57.9 Å². The van der Waals surface area contributed by atoms with Gasteiger partial charge in [-0.25, -0.2) is 4.79 Å². The number of benzene rings is 1. The molecule has 3 rings (SSSR count). The summed E-state index contributed by atoms with van der Waals surface area (Å²) >= 11 is 0. The van der Waals surface area contributed by atoms with Gasteiger partial charge >= 0.3 is 12.5 Å². The fraction of sp³-hybridized carbons (Fsp3) is 0.526. The van der Waals surface area contributed by atoms with Crippen molar-refractivity contribution in [2.45, 2.75) is 51.5 Å². The van der Waals surface area contributed by atoms with E-state index in [2.05, 4.69) is 14.9 Å². The van der Waals surface area contributed by atoms with Gasteiger partial charge in [-0.3, -0.25) is 0 Å². The van der Waals surface area contributed by atoms with Gasteiger partial charge in [0.2, 0.25) is 11.7 Å². The highest BCUT2D eigenvalue weighted by Crippen LogP contribution is 2.30. The highest BCUT2D eigenvalue weighted by atomic mass is 19.4. The summed E-state index contributed by atoms with van der Waals surface area (Å²) in [5.74, 6) is 0.412. The fourth-order valence-electron chi connectivity index (χ4n) is 2.96. The summed E-state index contributed by atoms with van der Waals surface area (Å²) in [5, 5.41) is 3.91. The van der Waals surface area contributed by atoms with Crippen LogP contribution in [-0.2, 0) is 4.74 Å². The van der Waals surface area contributed by atoms with Crippen LogP contribution in [0.1, 0.15) is 45.4 Å². The average Bonchev–Trinajstić information content (AvgIpc) is 3.10. The van der Waals surface area contributed by atoms with Gasteiger partial charge in [0.15, 0.2) is 0 Å². The smallest absolute Gasteiger partial charge is 0.444 e. The van der Waals surface area contributed by atoms with E-state index in [1.807, 2.05) is 20.8 Å². The Kier molecular flexibility index (Phi) is 5.72. The van der Waals surface area contributed by atoms with Gasteiger partial charge in [0.05, 0.1) is 0 Å². The molecule has 0 saturated carbocycles. The van der Waals surface area contributed by atoms with Crippen molar-refractivity contribution in [2.75, 3.05) is 13.1 Å². The summed E-state index contributed by atoms with van der Waals surface area (Å²) < 4.78 is 51.3. The second-order valence-electron chi connectivity index (χ2n) is 7.77. The molecule has 1 aliphatic rings. The van der Waals surface area contributed by atoms with Crippen molar-refractivity contribution in [1.29, 1.82) is 0 Å². The second-order valence-corrected chi connectivity index (χ2v) is 7.77. The SMILES string of the molecule is CC(C)(C)OC(=O)N1CCC(c2nc(-c3ccc(OC(F)(F)F)cc3)no2)CC1. The van der Waals surface area contributed by atoms with Gasteiger partial charge < -0.3 is 18.9 Å². The minimum Gasteiger partial charge on any atom is -0.444 e. The van der Waals surface area contributed by atoms with E-state index in [4.69, 9.17) is 9.26 Å². The third-order valence-corrected chi connectivity index (χ3v) is 4.28. The standard InChI is InChI=1S/C19H22F3N3O4/c1-18(2,3)28-17(26)25-10-8-13(9-11-25)16-23-15(24-29-16)12-4-6-14(7-5-12)27-19(20,21)22/h4-7,13H,8-11H2,1-3H3. The minimum atomic E-state index is -4.74. The fourth-order valence-corrected chi connectivity index (χ4v) is 2.96. The van der Waals surface area contributed by atoms with Gasteiger partial charge in [0.25, 0.3) is 0 Å². The maximum Gasteiger partial charge on any atom is 0.573 e. The van der Waals surface area contributed by atoms with Crippen LogP contribution < -0.4 is 4.74 Å². The summed E-state index contributed by atoms with van der Waals surface area (Å²) in [4.78, 5) is 18.1. The van der Waals surface area contributed by atoms with Crippen molar-refractivity contribution in [3.63, 3.8) is 0 Å². The lowest BCUT2D eigenvalue weighted by Gasteiger charge is -2.32. The van der Waals surface area contributed by atoms with Gasteiger partial charge in [0, 0.05) is 24.6 Å². The van der Waals surface area contributed by atoms with Crippen LogP contribution in [0.25, 0.3) is 11.4 Å². The number of piperidine rings is 1. The molecule has 158 valence electrons. The summed E-state index contributed by atoms with van der Waals surface area (Å²) in [6.07, 6.45) is -3.78. The number of nitrogens with zero attached hydrogens (tertiary/aromatic N) is 3. The number of rotatable bonds is 3. The molecule has 0 atom stereocenters. The van der Waals surface area contributed by atoms with E-state index in [1.165, 1.54) is 24.3 Å². The summed E-state index contributed by atoms with van der Waals surface area (Å²) in [7, 11) is 0. The number of carbonyl (C=O) groups is 1. The maximum absolute atomic E-state index is 12.2. The Bertz CT molecular complexity index is 836. The predicted octanol–water partition coefficient (Wildman–Crippen LogP) is 4.75. The molecule has 1 fully saturated rings. The van der Waals surface area contributed by atoms with Crippen LogP contribution in [0.2, 0.25) is 0 Å². The number of hydrogen-bond acceptors (Lipinski definition) is 6. The topological polar surface area (TPSA) is 77.7 Å². The van der Waals surface area contributed by atoms with Crippen LogP contribution in [0.15, 0.2) is 28.8 Å². The molecule has 2 aromatic rings. The highest BCUT2D eigenvalue weighted by molar-refractivity contribution is 5.68. The number of carbonyl (C=O) groups excluding carboxylic acids is 1. The van der Waals surface area contributed by atoms with Gasteiger partial charge in [-0.1, -0.05) is 5.16 Å². The van der Waals surface area contributed by atoms with Crippen LogP contribution in [0, 0.1) is 0 Å². The molecule has 0 radical (unpaired) electrons. The van der Waals surface area contributed by atoms with E-state index in [-0.39, 0.29) is 23.6 Å². The van der Waals surface area contributed by atoms with Crippen LogP contribution >= 0.6 is 0 Å². The van der Waals surface area contributed by atoms with Crippen molar-refractivity contribution in [3.8, 4) is 17.1 Å². The molecule has 29 heavy (non-hydrogen) atoms. The van der Waals surface area contributed by atoms with Crippen molar-refractivity contribution in [1.82, 2.24) is 15.0 Å². The first-order valence-electron chi connectivity index (χ1n) is 9.18. The van der Waals surface area contributed by atoms with Crippen molar-refractivity contribution in [3.05, 3.63) is 30.2 Å². The van der Waals surface area contributed by atoms with E-state index >= 15 is 0 Å². The lowest BCUT2D eigenvalue weighted by atomic mass is 9.97. The Morgan fingerprint density at radius 1 is 1.14 bits per heavy atom. The molecule has 7 nitrogen and oxygen atoms in total. The Hall–Kier alpha value is -2.78. The molecule has 1 aliphatic heterocycles. The van der Waals surface area contributed by atoms with Crippen molar-refractivity contribution in [2.24, 2.45) is 0 Å². The molecule has 1 aromatic carbocycles. The molecule has 1 amide bonds. The lowest BCUT2D eigenvalue weighted by Crippen LogP contribution is -2.41. The molecule has 10 heteroatoms. The number of alkyl halides is 3. The third kappa shape index (κ3) is 5.85. The molecule has 0 aliphatic carbocycles. The maximum atomic E-state index is 12.2. The second kappa shape index (κ2) is 7.92. The quantitative estimate of drug-likeness (QED) is 0.723. The summed E-state index contributed by atoms with van der Waals surface area (Å²) in [6, 6.07) is 5.25. The van der Waals surface area contributed by atoms with E-state index in [0.29, 0.717) is 37.4 Å². The average molecular weight is 413 g/mol. The predicted molar refractivity (Wildman–Crippen MR) is 96.2 cm³/mol. The van der Waals surface area contributed by atoms with Crippen LogP contribution in [0.4, 0.5) is 18.0 Å². The minimum absolute atomic E-state index is 0.00257. The number of amides is 1. The Labute approximate surface area is 165 Å². The van der Waals surface area contributed by atoms with E-state index in [1.54, 1.807) is 4.90 Å². The Morgan fingerprint density at radius 2 is 1.76 bits per heavy atom. The van der Waals surface area contributed by atoms with Gasteiger partial charge in [-0.2, -0.15) is 4.98 Å². The van der Waals surface area contributed by atoms with E-state index < -0.39 is 12.0 Å². The molecule has 0 unspecified atom stereocenters. The number of hydrogen-bond donors (Lipinski definition) is 0. The number of ether oxygens (including phenoxy) is 2. The largest absolute Gasteiger partial charge is 0.573 e. The van der Waals surface area contributed by atoms with Crippen molar-refractivity contribution < 1.29 is 32.0 Å². The number of likely N-dealkylation sites (tertiary alicyclic amines) is 1. The number of halogens is 3. The van der Waals surface area contributed by atoms with E-state index in [9.17, 15) is 18.0 Å². The van der Waals surface area contributed by atoms with Crippen LogP contribution in [0.5, 0.6) is 5.75 Å². The monoisotopic (exact) mass is 413 g/mol. The summed E-state index contributed by atoms with van der Waals surface area (Å²) in [5.41, 5.74) is -0.0311. The molecule has 1 saturated heterocycles. The molecular formula is C19H22F3N3O4. The number of aromatic nitrogens is 2. The normalized spacial score (nSPS) is 16.0. The first-order valence-corrected chi connectivity index (χ1v) is 9.18. The zero-order chi connectivity index (χ0) is 21.2. The zero-order valence-corrected chi connectivity index (χ0v) is 16.3. The van der Waals surface area contributed by atoms with Crippen LogP contribution in [0.3, 0.4) is 0 Å². The molecule has 0 spiro atoms. The van der Waals surface area contributed by atoms with Crippen molar-refractivity contribution >= 4 is 6.09 Å². The molecule has 0 bridgehead atoms.